The molecule has 0 fully saturated rings. The van der Waals surface area contributed by atoms with Gasteiger partial charge in [0.15, 0.2) is 0 Å². The molecule has 0 unspecified atom stereocenters. The molecule has 0 radical (unpaired) electrons. The molecule has 106 valence electrons. The number of nitrogens with two attached hydrogens (primary N) is 1. The number of hydrogen-bond acceptors (Lipinski definition) is 2. The minimum atomic E-state index is -0.319. The zero-order valence-electron chi connectivity index (χ0n) is 11.5. The predicted molar refractivity (Wildman–Crippen MR) is 75.5 cm³/mol. The molecule has 0 atom stereocenters. The Morgan fingerprint density at radius 3 is 2.53 bits per heavy atom. The highest BCUT2D eigenvalue weighted by Gasteiger charge is 2.14. The van der Waals surface area contributed by atoms with Gasteiger partial charge in [0.1, 0.15) is 5.82 Å². The van der Waals surface area contributed by atoms with Crippen LogP contribution >= 0.6 is 0 Å². The molecule has 1 rings (SSSR count). The number of nitrogens with zero attached hydrogens (tertiary/aromatic N) is 1. The summed E-state index contributed by atoms with van der Waals surface area (Å²) < 4.78 is 12.8. The van der Waals surface area contributed by atoms with Crippen molar-refractivity contribution in [1.82, 2.24) is 4.90 Å². The van der Waals surface area contributed by atoms with Gasteiger partial charge >= 0.3 is 6.03 Å². The van der Waals surface area contributed by atoms with Crippen molar-refractivity contribution in [2.45, 2.75) is 20.3 Å². The third-order valence-electron chi connectivity index (χ3n) is 2.60. The fourth-order valence-electron chi connectivity index (χ4n) is 1.73. The van der Waals surface area contributed by atoms with E-state index in [0.717, 1.165) is 6.42 Å². The number of amides is 2. The first kappa shape index (κ1) is 15.4. The fourth-order valence-corrected chi connectivity index (χ4v) is 1.73. The van der Waals surface area contributed by atoms with E-state index in [1.807, 2.05) is 0 Å². The summed E-state index contributed by atoms with van der Waals surface area (Å²) in [5, 5.41) is 2.76. The molecular formula is C14H22FN3O. The van der Waals surface area contributed by atoms with Crippen LogP contribution in [0, 0.1) is 11.7 Å². The molecule has 0 saturated carbocycles. The zero-order chi connectivity index (χ0) is 14.3. The predicted octanol–water partition coefficient (Wildman–Crippen LogP) is 2.66. The van der Waals surface area contributed by atoms with Gasteiger partial charge in [-0.2, -0.15) is 0 Å². The van der Waals surface area contributed by atoms with Crippen molar-refractivity contribution in [2.75, 3.05) is 25.0 Å². The summed E-state index contributed by atoms with van der Waals surface area (Å²) in [6.07, 6.45) is 0.767. The smallest absolute Gasteiger partial charge is 0.321 e. The summed E-state index contributed by atoms with van der Waals surface area (Å²) >= 11 is 0. The average molecular weight is 267 g/mol. The first-order chi connectivity index (χ1) is 9.02. The van der Waals surface area contributed by atoms with Gasteiger partial charge in [-0.1, -0.05) is 13.8 Å². The first-order valence-electron chi connectivity index (χ1n) is 6.54. The van der Waals surface area contributed by atoms with Crippen LogP contribution in [0.2, 0.25) is 0 Å². The van der Waals surface area contributed by atoms with Crippen LogP contribution in [0.1, 0.15) is 20.3 Å². The van der Waals surface area contributed by atoms with Crippen molar-refractivity contribution in [1.29, 1.82) is 0 Å². The summed E-state index contributed by atoms with van der Waals surface area (Å²) in [5.41, 5.74) is 6.07. The molecule has 0 aliphatic rings. The summed E-state index contributed by atoms with van der Waals surface area (Å²) in [6, 6.07) is 5.56. The number of rotatable bonds is 6. The Morgan fingerprint density at radius 1 is 1.37 bits per heavy atom. The quantitative estimate of drug-likeness (QED) is 0.832. The van der Waals surface area contributed by atoms with Crippen molar-refractivity contribution in [3.05, 3.63) is 30.1 Å². The number of anilines is 1. The van der Waals surface area contributed by atoms with Crippen LogP contribution in [0.3, 0.4) is 0 Å². The van der Waals surface area contributed by atoms with Crippen LogP contribution in [-0.4, -0.2) is 30.6 Å². The van der Waals surface area contributed by atoms with E-state index in [-0.39, 0.29) is 11.8 Å². The maximum Gasteiger partial charge on any atom is 0.321 e. The van der Waals surface area contributed by atoms with Crippen molar-refractivity contribution in [3.8, 4) is 0 Å². The van der Waals surface area contributed by atoms with Crippen molar-refractivity contribution >= 4 is 11.7 Å². The lowest BCUT2D eigenvalue weighted by atomic mass is 10.2. The number of hydrogen-bond donors (Lipinski definition) is 2. The molecular weight excluding hydrogens is 245 g/mol. The summed E-state index contributed by atoms with van der Waals surface area (Å²) in [4.78, 5) is 13.9. The van der Waals surface area contributed by atoms with Crippen molar-refractivity contribution < 1.29 is 9.18 Å². The second-order valence-corrected chi connectivity index (χ2v) is 4.92. The van der Waals surface area contributed by atoms with E-state index in [9.17, 15) is 9.18 Å². The topological polar surface area (TPSA) is 58.4 Å². The van der Waals surface area contributed by atoms with Gasteiger partial charge in [-0.15, -0.1) is 0 Å². The number of halogens is 1. The van der Waals surface area contributed by atoms with Crippen LogP contribution in [0.4, 0.5) is 14.9 Å². The number of urea groups is 1. The van der Waals surface area contributed by atoms with Gasteiger partial charge in [-0.3, -0.25) is 0 Å². The third kappa shape index (κ3) is 5.70. The summed E-state index contributed by atoms with van der Waals surface area (Å²) in [7, 11) is 0. The SMILES string of the molecule is CC(C)CN(CCCN)C(=O)Nc1ccc(F)cc1. The lowest BCUT2D eigenvalue weighted by Crippen LogP contribution is -2.38. The fraction of sp³-hybridized carbons (Fsp3) is 0.500. The maximum absolute atomic E-state index is 12.8. The van der Waals surface area contributed by atoms with Crippen LogP contribution in [0.15, 0.2) is 24.3 Å². The standard InChI is InChI=1S/C14H22FN3O/c1-11(2)10-18(9-3-8-16)14(19)17-13-6-4-12(15)5-7-13/h4-7,11H,3,8-10,16H2,1-2H3,(H,17,19). The maximum atomic E-state index is 12.8. The number of benzene rings is 1. The summed E-state index contributed by atoms with van der Waals surface area (Å²) in [5.74, 6) is 0.0666. The number of nitrogens with one attached hydrogen (secondary N) is 1. The van der Waals surface area contributed by atoms with E-state index in [1.165, 1.54) is 12.1 Å². The van der Waals surface area contributed by atoms with Gasteiger partial charge in [-0.25, -0.2) is 9.18 Å². The minimum absolute atomic E-state index is 0.172. The van der Waals surface area contributed by atoms with Gasteiger partial charge in [0.25, 0.3) is 0 Å². The van der Waals surface area contributed by atoms with Crippen LogP contribution in [-0.2, 0) is 0 Å². The highest BCUT2D eigenvalue weighted by atomic mass is 19.1. The highest BCUT2D eigenvalue weighted by Crippen LogP contribution is 2.10. The largest absolute Gasteiger partial charge is 0.330 e. The molecule has 4 nitrogen and oxygen atoms in total. The molecule has 0 bridgehead atoms. The molecule has 0 spiro atoms. The van der Waals surface area contributed by atoms with E-state index in [4.69, 9.17) is 5.73 Å². The molecule has 5 heteroatoms. The summed E-state index contributed by atoms with van der Waals surface area (Å²) in [6.45, 7) is 5.97. The Morgan fingerprint density at radius 2 is 2.00 bits per heavy atom. The lowest BCUT2D eigenvalue weighted by molar-refractivity contribution is 0.204. The number of carbonyl (C=O) groups is 1. The molecule has 19 heavy (non-hydrogen) atoms. The third-order valence-corrected chi connectivity index (χ3v) is 2.60. The minimum Gasteiger partial charge on any atom is -0.330 e. The molecule has 0 aliphatic carbocycles. The Hall–Kier alpha value is -1.62. The van der Waals surface area contributed by atoms with E-state index in [0.29, 0.717) is 31.2 Å². The molecule has 0 heterocycles. The number of carbonyl (C=O) groups excluding carboxylic acids is 1. The second kappa shape index (κ2) is 7.74. The molecule has 1 aromatic rings. The van der Waals surface area contributed by atoms with Crippen LogP contribution < -0.4 is 11.1 Å². The van der Waals surface area contributed by atoms with Gasteiger partial charge in [-0.05, 0) is 43.1 Å². The van der Waals surface area contributed by atoms with Gasteiger partial charge in [0.05, 0.1) is 0 Å². The van der Waals surface area contributed by atoms with Crippen molar-refractivity contribution in [2.24, 2.45) is 11.7 Å². The Labute approximate surface area is 113 Å². The molecule has 0 saturated heterocycles. The van der Waals surface area contributed by atoms with Crippen LogP contribution in [0.25, 0.3) is 0 Å². The highest BCUT2D eigenvalue weighted by molar-refractivity contribution is 5.89. The molecule has 1 aromatic carbocycles. The van der Waals surface area contributed by atoms with E-state index in [1.54, 1.807) is 17.0 Å². The monoisotopic (exact) mass is 267 g/mol. The van der Waals surface area contributed by atoms with Gasteiger partial charge in [0.2, 0.25) is 0 Å². The van der Waals surface area contributed by atoms with Gasteiger partial charge < -0.3 is 16.0 Å². The molecule has 3 N–H and O–H groups in total. The average Bonchev–Trinajstić information content (AvgIpc) is 2.36. The van der Waals surface area contributed by atoms with Crippen molar-refractivity contribution in [3.63, 3.8) is 0 Å². The Balaban J connectivity index is 2.62. The first-order valence-corrected chi connectivity index (χ1v) is 6.54. The van der Waals surface area contributed by atoms with E-state index in [2.05, 4.69) is 19.2 Å². The molecule has 0 aromatic heterocycles. The Kier molecular flexibility index (Phi) is 6.29. The van der Waals surface area contributed by atoms with Gasteiger partial charge in [0, 0.05) is 18.8 Å². The second-order valence-electron chi connectivity index (χ2n) is 4.92. The normalized spacial score (nSPS) is 10.6. The van der Waals surface area contributed by atoms with E-state index < -0.39 is 0 Å². The Bertz CT molecular complexity index is 392. The zero-order valence-corrected chi connectivity index (χ0v) is 11.5. The van der Waals surface area contributed by atoms with E-state index >= 15 is 0 Å². The molecule has 2 amide bonds. The lowest BCUT2D eigenvalue weighted by Gasteiger charge is -2.24. The van der Waals surface area contributed by atoms with Crippen LogP contribution in [0.5, 0.6) is 0 Å². The molecule has 0 aliphatic heterocycles.